The van der Waals surface area contributed by atoms with Crippen LogP contribution in [0.5, 0.6) is 0 Å². The van der Waals surface area contributed by atoms with Gasteiger partial charge in [-0.3, -0.25) is 0 Å². The van der Waals surface area contributed by atoms with Crippen LogP contribution >= 0.6 is 0 Å². The summed E-state index contributed by atoms with van der Waals surface area (Å²) >= 11 is 0. The quantitative estimate of drug-likeness (QED) is 0.136. The minimum Gasteiger partial charge on any atom is -0.393 e. The molecule has 3 saturated heterocycles. The molecule has 0 amide bonds. The normalized spacial score (nSPS) is 35.3. The second-order valence-corrected chi connectivity index (χ2v) is 12.2. The summed E-state index contributed by atoms with van der Waals surface area (Å²) in [6.45, 7) is 9.28. The Morgan fingerprint density at radius 2 is 1.63 bits per heavy atom. The van der Waals surface area contributed by atoms with Crippen LogP contribution in [0.4, 0.5) is 0 Å². The van der Waals surface area contributed by atoms with Crippen LogP contribution in [0, 0.1) is 0 Å². The largest absolute Gasteiger partial charge is 0.393 e. The molecule has 3 fully saturated rings. The van der Waals surface area contributed by atoms with Crippen LogP contribution in [0.3, 0.4) is 0 Å². The van der Waals surface area contributed by atoms with Crippen LogP contribution in [0.2, 0.25) is 0 Å². The van der Waals surface area contributed by atoms with E-state index in [0.717, 1.165) is 16.7 Å². The molecule has 3 aliphatic rings. The summed E-state index contributed by atoms with van der Waals surface area (Å²) < 4.78 is 43.4. The molecule has 0 radical (unpaired) electrons. The lowest BCUT2D eigenvalue weighted by atomic mass is 9.77. The van der Waals surface area contributed by atoms with Crippen molar-refractivity contribution in [3.8, 4) is 0 Å². The van der Waals surface area contributed by atoms with Gasteiger partial charge in [-0.15, -0.1) is 0 Å². The highest BCUT2D eigenvalue weighted by molar-refractivity contribution is 5.21. The highest BCUT2D eigenvalue weighted by Crippen LogP contribution is 2.46. The van der Waals surface area contributed by atoms with E-state index >= 15 is 0 Å². The summed E-state index contributed by atoms with van der Waals surface area (Å²) in [5.74, 6) is 0. The lowest BCUT2D eigenvalue weighted by Crippen LogP contribution is -2.71. The maximum Gasteiger partial charge on any atom is 0.146 e. The lowest BCUT2D eigenvalue weighted by molar-refractivity contribution is -0.344. The molecule has 236 valence electrons. The Bertz CT molecular complexity index is 1160. The highest BCUT2D eigenvalue weighted by atomic mass is 16.7. The molecule has 9 heteroatoms. The van der Waals surface area contributed by atoms with Gasteiger partial charge in [-0.2, -0.15) is 0 Å². The zero-order chi connectivity index (χ0) is 30.5. The second-order valence-electron chi connectivity index (χ2n) is 12.2. The molecule has 2 aromatic rings. The van der Waals surface area contributed by atoms with Crippen molar-refractivity contribution in [2.45, 2.75) is 100 Å². The monoisotopic (exact) mass is 598 g/mol. The Balaban J connectivity index is 1.33. The minimum atomic E-state index is -0.948. The molecular weight excluding hydrogens is 552 g/mol. The third-order valence-electron chi connectivity index (χ3n) is 8.84. The zero-order valence-electron chi connectivity index (χ0n) is 25.4. The Kier molecular flexibility index (Phi) is 10.7. The van der Waals surface area contributed by atoms with Gasteiger partial charge < -0.3 is 43.4 Å². The maximum atomic E-state index is 11.2. The average molecular weight is 599 g/mol. The first-order valence-corrected chi connectivity index (χ1v) is 15.1. The van der Waals surface area contributed by atoms with E-state index in [9.17, 15) is 10.2 Å². The summed E-state index contributed by atoms with van der Waals surface area (Å²) in [7, 11) is 1.58. The van der Waals surface area contributed by atoms with Gasteiger partial charge in [-0.05, 0) is 43.4 Å². The van der Waals surface area contributed by atoms with Crippen LogP contribution in [0.15, 0.2) is 72.8 Å². The van der Waals surface area contributed by atoms with E-state index in [2.05, 4.69) is 6.58 Å². The standard InChI is InChI=1S/C34H46O9/c1-23(31-33(2,21-35)43-31)17-28-26(36)18-29-34(3,42-28)32(40-22-37-4)30(39-20-25-13-9-6-10-14-25)27(41-29)15-16-38-19-24-11-7-5-8-12-24/h5-14,26-32,35-36H,1,15-22H2,2-4H3/t26-,27-,28+,29+,30-,31-,32-,33-,34+/m1/s1. The van der Waals surface area contributed by atoms with Gasteiger partial charge in [0.2, 0.25) is 0 Å². The van der Waals surface area contributed by atoms with Crippen molar-refractivity contribution in [3.63, 3.8) is 0 Å². The predicted molar refractivity (Wildman–Crippen MR) is 159 cm³/mol. The summed E-state index contributed by atoms with van der Waals surface area (Å²) in [5.41, 5.74) is 1.33. The number of ether oxygens (including phenoxy) is 7. The molecule has 9 atom stereocenters. The molecule has 2 aromatic carbocycles. The van der Waals surface area contributed by atoms with Crippen LogP contribution in [-0.2, 0) is 46.4 Å². The van der Waals surface area contributed by atoms with Crippen LogP contribution in [-0.4, -0.2) is 91.3 Å². The van der Waals surface area contributed by atoms with Crippen molar-refractivity contribution >= 4 is 0 Å². The molecule has 0 unspecified atom stereocenters. The predicted octanol–water partition coefficient (Wildman–Crippen LogP) is 3.94. The van der Waals surface area contributed by atoms with Crippen molar-refractivity contribution in [1.29, 1.82) is 0 Å². The van der Waals surface area contributed by atoms with Gasteiger partial charge in [0, 0.05) is 20.1 Å². The topological polar surface area (TPSA) is 108 Å². The van der Waals surface area contributed by atoms with Crippen LogP contribution < -0.4 is 0 Å². The van der Waals surface area contributed by atoms with Crippen LogP contribution in [0.25, 0.3) is 0 Å². The van der Waals surface area contributed by atoms with Crippen molar-refractivity contribution in [3.05, 3.63) is 83.9 Å². The van der Waals surface area contributed by atoms with Crippen molar-refractivity contribution < 1.29 is 43.4 Å². The molecule has 2 N–H and O–H groups in total. The van der Waals surface area contributed by atoms with Gasteiger partial charge in [0.1, 0.15) is 36.3 Å². The first-order chi connectivity index (χ1) is 20.8. The average Bonchev–Trinajstić information content (AvgIpc) is 3.71. The molecular formula is C34H46O9. The van der Waals surface area contributed by atoms with E-state index in [1.807, 2.05) is 74.5 Å². The van der Waals surface area contributed by atoms with Crippen molar-refractivity contribution in [1.82, 2.24) is 0 Å². The van der Waals surface area contributed by atoms with Gasteiger partial charge >= 0.3 is 0 Å². The van der Waals surface area contributed by atoms with E-state index in [-0.39, 0.29) is 25.6 Å². The Hall–Kier alpha value is -2.18. The molecule has 0 aliphatic carbocycles. The summed E-state index contributed by atoms with van der Waals surface area (Å²) in [5, 5.41) is 20.9. The van der Waals surface area contributed by atoms with E-state index in [4.69, 9.17) is 33.2 Å². The molecule has 5 rings (SSSR count). The molecule has 0 bridgehead atoms. The number of hydrogen-bond acceptors (Lipinski definition) is 9. The molecule has 3 aliphatic heterocycles. The maximum absolute atomic E-state index is 11.2. The summed E-state index contributed by atoms with van der Waals surface area (Å²) in [6, 6.07) is 20.0. The fourth-order valence-electron chi connectivity index (χ4n) is 6.31. The Labute approximate surface area is 254 Å². The smallest absolute Gasteiger partial charge is 0.146 e. The summed E-state index contributed by atoms with van der Waals surface area (Å²) in [4.78, 5) is 0. The van der Waals surface area contributed by atoms with Crippen molar-refractivity contribution in [2.75, 3.05) is 27.1 Å². The van der Waals surface area contributed by atoms with E-state index in [1.54, 1.807) is 7.11 Å². The molecule has 43 heavy (non-hydrogen) atoms. The molecule has 0 spiro atoms. The third kappa shape index (κ3) is 7.56. The molecule has 0 aromatic heterocycles. The highest BCUT2D eigenvalue weighted by Gasteiger charge is 2.60. The van der Waals surface area contributed by atoms with E-state index < -0.39 is 41.7 Å². The molecule has 9 nitrogen and oxygen atoms in total. The minimum absolute atomic E-state index is 0.0451. The number of benzene rings is 2. The fraction of sp³-hybridized carbons (Fsp3) is 0.588. The zero-order valence-corrected chi connectivity index (χ0v) is 25.4. The Morgan fingerprint density at radius 1 is 0.953 bits per heavy atom. The van der Waals surface area contributed by atoms with E-state index in [0.29, 0.717) is 39.1 Å². The van der Waals surface area contributed by atoms with Gasteiger partial charge in [0.05, 0.1) is 44.2 Å². The number of aliphatic hydroxyl groups excluding tert-OH is 2. The lowest BCUT2D eigenvalue weighted by Gasteiger charge is -2.56. The number of epoxide rings is 1. The van der Waals surface area contributed by atoms with Crippen LogP contribution in [0.1, 0.15) is 44.2 Å². The first-order valence-electron chi connectivity index (χ1n) is 15.1. The first kappa shape index (κ1) is 32.2. The SMILES string of the molecule is C=C(C[C@@H]1O[C@@]2(C)[C@H](C[C@H]1O)O[C@H](CCOCc1ccccc1)[C@@H](OCc1ccccc1)[C@H]2OCOC)[C@H]1O[C@]1(C)CO. The van der Waals surface area contributed by atoms with Gasteiger partial charge in [0.25, 0.3) is 0 Å². The number of aliphatic hydroxyl groups is 2. The number of methoxy groups -OCH3 is 1. The molecule has 3 heterocycles. The van der Waals surface area contributed by atoms with Crippen molar-refractivity contribution in [2.24, 2.45) is 0 Å². The molecule has 0 saturated carbocycles. The second kappa shape index (κ2) is 14.3. The number of fused-ring (bicyclic) bond motifs is 1. The number of rotatable bonds is 15. The van der Waals surface area contributed by atoms with E-state index in [1.165, 1.54) is 0 Å². The van der Waals surface area contributed by atoms with Gasteiger partial charge in [0.15, 0.2) is 0 Å². The number of hydrogen-bond donors (Lipinski definition) is 2. The summed E-state index contributed by atoms with van der Waals surface area (Å²) in [6.07, 6.45) is -2.18. The fourth-order valence-corrected chi connectivity index (χ4v) is 6.31. The third-order valence-corrected chi connectivity index (χ3v) is 8.84. The van der Waals surface area contributed by atoms with Gasteiger partial charge in [-0.25, -0.2) is 0 Å². The Morgan fingerprint density at radius 3 is 2.26 bits per heavy atom. The van der Waals surface area contributed by atoms with Gasteiger partial charge in [-0.1, -0.05) is 67.2 Å².